The van der Waals surface area contributed by atoms with Crippen LogP contribution in [0.15, 0.2) is 35.3 Å². The van der Waals surface area contributed by atoms with Crippen molar-refractivity contribution in [2.24, 2.45) is 0 Å². The van der Waals surface area contributed by atoms with Crippen molar-refractivity contribution in [3.8, 4) is 0 Å². The predicted molar refractivity (Wildman–Crippen MR) is 102 cm³/mol. The van der Waals surface area contributed by atoms with Crippen molar-refractivity contribution in [2.75, 3.05) is 18.0 Å². The van der Waals surface area contributed by atoms with E-state index in [-0.39, 0.29) is 0 Å². The van der Waals surface area contributed by atoms with Gasteiger partial charge in [-0.1, -0.05) is 15.9 Å². The first-order chi connectivity index (χ1) is 12.1. The first-order valence-electron chi connectivity index (χ1n) is 8.68. The van der Waals surface area contributed by atoms with Crippen molar-refractivity contribution in [1.82, 2.24) is 24.7 Å². The van der Waals surface area contributed by atoms with Crippen molar-refractivity contribution in [2.45, 2.75) is 38.6 Å². The second-order valence-corrected chi connectivity index (χ2v) is 7.73. The Morgan fingerprint density at radius 1 is 1.16 bits per heavy atom. The fourth-order valence-electron chi connectivity index (χ4n) is 3.56. The summed E-state index contributed by atoms with van der Waals surface area (Å²) in [6.07, 6.45) is 5.63. The van der Waals surface area contributed by atoms with Gasteiger partial charge < -0.3 is 9.47 Å². The molecule has 0 radical (unpaired) electrons. The molecule has 0 amide bonds. The highest BCUT2D eigenvalue weighted by Crippen LogP contribution is 2.32. The van der Waals surface area contributed by atoms with Gasteiger partial charge in [-0.3, -0.25) is 0 Å². The predicted octanol–water partition coefficient (Wildman–Crippen LogP) is 3.95. The zero-order valence-corrected chi connectivity index (χ0v) is 16.0. The van der Waals surface area contributed by atoms with Gasteiger partial charge in [0.05, 0.1) is 5.52 Å². The molecule has 3 heterocycles. The van der Waals surface area contributed by atoms with Crippen LogP contribution in [0.3, 0.4) is 0 Å². The quantitative estimate of drug-likeness (QED) is 0.665. The van der Waals surface area contributed by atoms with Crippen LogP contribution in [0.5, 0.6) is 0 Å². The maximum absolute atomic E-state index is 4.57. The molecule has 130 valence electrons. The van der Waals surface area contributed by atoms with Gasteiger partial charge in [0, 0.05) is 34.9 Å². The summed E-state index contributed by atoms with van der Waals surface area (Å²) in [6.45, 7) is 6.28. The Labute approximate surface area is 155 Å². The number of aromatic nitrogens is 5. The molecule has 0 bridgehead atoms. The highest BCUT2D eigenvalue weighted by Gasteiger charge is 2.26. The number of piperidine rings is 1. The summed E-state index contributed by atoms with van der Waals surface area (Å²) < 4.78 is 3.24. The molecule has 1 fully saturated rings. The second kappa shape index (κ2) is 6.71. The summed E-state index contributed by atoms with van der Waals surface area (Å²) in [7, 11) is 0. The van der Waals surface area contributed by atoms with Gasteiger partial charge in [-0.05, 0) is 44.9 Å². The number of fused-ring (bicyclic) bond motifs is 1. The van der Waals surface area contributed by atoms with Gasteiger partial charge in [0.15, 0.2) is 0 Å². The lowest BCUT2D eigenvalue weighted by molar-refractivity contribution is 0.448. The summed E-state index contributed by atoms with van der Waals surface area (Å²) in [6, 6.07) is 6.55. The number of benzene rings is 1. The lowest BCUT2D eigenvalue weighted by atomic mass is 9.95. The van der Waals surface area contributed by atoms with Crippen LogP contribution >= 0.6 is 15.9 Å². The minimum atomic E-state index is 0.395. The van der Waals surface area contributed by atoms with Crippen molar-refractivity contribution in [1.29, 1.82) is 0 Å². The molecule has 0 atom stereocenters. The van der Waals surface area contributed by atoms with E-state index >= 15 is 0 Å². The van der Waals surface area contributed by atoms with Crippen LogP contribution in [-0.2, 0) is 0 Å². The summed E-state index contributed by atoms with van der Waals surface area (Å²) in [5.74, 6) is 2.60. The molecule has 4 rings (SSSR count). The minimum absolute atomic E-state index is 0.395. The Morgan fingerprint density at radius 3 is 2.72 bits per heavy atom. The Kier molecular flexibility index (Phi) is 4.41. The minimum Gasteiger partial charge on any atom is -0.356 e. The molecule has 0 unspecified atom stereocenters. The third-order valence-corrected chi connectivity index (χ3v) is 5.39. The third kappa shape index (κ3) is 3.13. The Balaban J connectivity index is 1.56. The topological polar surface area (TPSA) is 59.7 Å². The monoisotopic (exact) mass is 400 g/mol. The van der Waals surface area contributed by atoms with Crippen LogP contribution in [0, 0.1) is 0 Å². The fraction of sp³-hybridized carbons (Fsp3) is 0.444. The van der Waals surface area contributed by atoms with Gasteiger partial charge in [-0.2, -0.15) is 0 Å². The Bertz CT molecular complexity index is 882. The zero-order valence-electron chi connectivity index (χ0n) is 14.4. The van der Waals surface area contributed by atoms with Crippen molar-refractivity contribution < 1.29 is 0 Å². The van der Waals surface area contributed by atoms with Gasteiger partial charge in [0.2, 0.25) is 0 Å². The largest absolute Gasteiger partial charge is 0.356 e. The third-order valence-electron chi connectivity index (χ3n) is 4.89. The molecule has 1 aromatic carbocycles. The van der Waals surface area contributed by atoms with E-state index in [1.807, 2.05) is 18.5 Å². The van der Waals surface area contributed by atoms with E-state index in [9.17, 15) is 0 Å². The molecule has 7 heteroatoms. The molecule has 1 aliphatic rings. The van der Waals surface area contributed by atoms with Crippen LogP contribution < -0.4 is 4.90 Å². The molecule has 1 aliphatic heterocycles. The van der Waals surface area contributed by atoms with E-state index in [1.54, 1.807) is 6.33 Å². The molecule has 0 saturated carbocycles. The smallest absolute Gasteiger partial charge is 0.139 e. The molecular formula is C18H21BrN6. The molecular weight excluding hydrogens is 380 g/mol. The van der Waals surface area contributed by atoms with E-state index in [4.69, 9.17) is 0 Å². The van der Waals surface area contributed by atoms with Gasteiger partial charge in [-0.25, -0.2) is 9.97 Å². The SMILES string of the molecule is CC(C)n1cnnc1C1CCN(c2ncnc3ccc(Br)cc23)CC1. The molecule has 0 N–H and O–H groups in total. The number of halogens is 1. The first-order valence-corrected chi connectivity index (χ1v) is 9.47. The molecule has 1 saturated heterocycles. The fourth-order valence-corrected chi connectivity index (χ4v) is 3.92. The second-order valence-electron chi connectivity index (χ2n) is 6.81. The molecule has 6 nitrogen and oxygen atoms in total. The average Bonchev–Trinajstić information content (AvgIpc) is 3.11. The van der Waals surface area contributed by atoms with Crippen LogP contribution in [0.2, 0.25) is 0 Å². The van der Waals surface area contributed by atoms with Crippen molar-refractivity contribution >= 4 is 32.7 Å². The van der Waals surface area contributed by atoms with Gasteiger partial charge in [0.1, 0.15) is 24.3 Å². The number of hydrogen-bond acceptors (Lipinski definition) is 5. The van der Waals surface area contributed by atoms with Gasteiger partial charge in [0.25, 0.3) is 0 Å². The van der Waals surface area contributed by atoms with Crippen molar-refractivity contribution in [3.05, 3.63) is 41.2 Å². The summed E-state index contributed by atoms with van der Waals surface area (Å²) in [5.41, 5.74) is 0.981. The normalized spacial score (nSPS) is 16.1. The Hall–Kier alpha value is -2.02. The first kappa shape index (κ1) is 16.4. The van der Waals surface area contributed by atoms with E-state index < -0.39 is 0 Å². The van der Waals surface area contributed by atoms with E-state index in [2.05, 4.69) is 65.5 Å². The number of hydrogen-bond donors (Lipinski definition) is 0. The standard InChI is InChI=1S/C18H21BrN6/c1-12(2)25-11-22-23-17(25)13-5-7-24(8-6-13)18-15-9-14(19)3-4-16(15)20-10-21-18/h3-4,9-13H,5-8H2,1-2H3. The molecule has 3 aromatic rings. The van der Waals surface area contributed by atoms with E-state index in [0.717, 1.165) is 52.9 Å². The summed E-state index contributed by atoms with van der Waals surface area (Å²) in [5, 5.41) is 9.60. The zero-order chi connectivity index (χ0) is 17.4. The van der Waals surface area contributed by atoms with Crippen LogP contribution in [0.1, 0.15) is 44.5 Å². The lowest BCUT2D eigenvalue weighted by Crippen LogP contribution is -2.34. The maximum Gasteiger partial charge on any atom is 0.139 e. The summed E-state index contributed by atoms with van der Waals surface area (Å²) in [4.78, 5) is 11.3. The van der Waals surface area contributed by atoms with E-state index in [1.165, 1.54) is 0 Å². The average molecular weight is 401 g/mol. The molecule has 2 aromatic heterocycles. The number of nitrogens with zero attached hydrogens (tertiary/aromatic N) is 6. The van der Waals surface area contributed by atoms with Crippen molar-refractivity contribution in [3.63, 3.8) is 0 Å². The van der Waals surface area contributed by atoms with E-state index in [0.29, 0.717) is 12.0 Å². The highest BCUT2D eigenvalue weighted by molar-refractivity contribution is 9.10. The molecule has 0 aliphatic carbocycles. The van der Waals surface area contributed by atoms with Gasteiger partial charge in [-0.15, -0.1) is 10.2 Å². The Morgan fingerprint density at radius 2 is 1.96 bits per heavy atom. The van der Waals surface area contributed by atoms with Crippen LogP contribution in [0.4, 0.5) is 5.82 Å². The van der Waals surface area contributed by atoms with Gasteiger partial charge >= 0.3 is 0 Å². The summed E-state index contributed by atoms with van der Waals surface area (Å²) >= 11 is 3.56. The molecule has 25 heavy (non-hydrogen) atoms. The lowest BCUT2D eigenvalue weighted by Gasteiger charge is -2.33. The molecule has 0 spiro atoms. The van der Waals surface area contributed by atoms with Crippen LogP contribution in [0.25, 0.3) is 10.9 Å². The maximum atomic E-state index is 4.57. The highest BCUT2D eigenvalue weighted by atomic mass is 79.9. The van der Waals surface area contributed by atoms with Crippen LogP contribution in [-0.4, -0.2) is 37.8 Å². The number of rotatable bonds is 3. The number of anilines is 1.